The highest BCUT2D eigenvalue weighted by molar-refractivity contribution is 8.00. The molecule has 0 aliphatic heterocycles. The van der Waals surface area contributed by atoms with Crippen LogP contribution >= 0.6 is 11.8 Å². The van der Waals surface area contributed by atoms with E-state index in [1.165, 1.54) is 25.3 Å². The van der Waals surface area contributed by atoms with Crippen LogP contribution in [-0.4, -0.2) is 18.6 Å². The molecule has 1 rings (SSSR count). The second kappa shape index (κ2) is 5.25. The number of hydrogen-bond acceptors (Lipinski definition) is 3. The van der Waals surface area contributed by atoms with Gasteiger partial charge < -0.3 is 4.74 Å². The van der Waals surface area contributed by atoms with E-state index in [4.69, 9.17) is 0 Å². The molecule has 16 heavy (non-hydrogen) atoms. The zero-order chi connectivity index (χ0) is 12.2. The number of ether oxygens (including phenoxy) is 1. The van der Waals surface area contributed by atoms with E-state index in [2.05, 4.69) is 4.74 Å². The second-order valence-electron chi connectivity index (χ2n) is 2.95. The highest BCUT2D eigenvalue weighted by Crippen LogP contribution is 2.36. The van der Waals surface area contributed by atoms with Gasteiger partial charge in [-0.2, -0.15) is 13.2 Å². The number of thioether (sulfide) groups is 1. The molecule has 6 heteroatoms. The Morgan fingerprint density at radius 2 is 2.12 bits per heavy atom. The predicted octanol–water partition coefficient (Wildman–Crippen LogP) is 3.01. The van der Waals surface area contributed by atoms with Gasteiger partial charge in [0.1, 0.15) is 0 Å². The smallest absolute Gasteiger partial charge is 0.446 e. The molecular weight excluding hydrogens is 241 g/mol. The van der Waals surface area contributed by atoms with Crippen LogP contribution in [0.1, 0.15) is 5.56 Å². The van der Waals surface area contributed by atoms with Crippen molar-refractivity contribution in [1.29, 1.82) is 0 Å². The Bertz CT molecular complexity index is 377. The van der Waals surface area contributed by atoms with E-state index >= 15 is 0 Å². The van der Waals surface area contributed by atoms with Crippen molar-refractivity contribution in [1.82, 2.24) is 0 Å². The van der Waals surface area contributed by atoms with Crippen LogP contribution in [0.5, 0.6) is 0 Å². The van der Waals surface area contributed by atoms with Crippen molar-refractivity contribution in [2.24, 2.45) is 0 Å². The van der Waals surface area contributed by atoms with Gasteiger partial charge in [0.05, 0.1) is 13.5 Å². The summed E-state index contributed by atoms with van der Waals surface area (Å²) in [5, 5.41) is 0. The normalized spacial score (nSPS) is 11.2. The average Bonchev–Trinajstić information content (AvgIpc) is 2.15. The van der Waals surface area contributed by atoms with Crippen molar-refractivity contribution in [2.75, 3.05) is 7.11 Å². The first-order chi connectivity index (χ1) is 7.40. The zero-order valence-electron chi connectivity index (χ0n) is 8.38. The van der Waals surface area contributed by atoms with E-state index in [-0.39, 0.29) is 23.1 Å². The summed E-state index contributed by atoms with van der Waals surface area (Å²) in [4.78, 5) is 11.0. The summed E-state index contributed by atoms with van der Waals surface area (Å²) in [6.45, 7) is 0. The van der Waals surface area contributed by atoms with Crippen LogP contribution in [0.2, 0.25) is 0 Å². The number of methoxy groups -OCH3 is 1. The fraction of sp³-hybridized carbons (Fsp3) is 0.300. The Balaban J connectivity index is 2.75. The second-order valence-corrected chi connectivity index (χ2v) is 4.09. The fourth-order valence-corrected chi connectivity index (χ4v) is 1.72. The molecule has 0 aliphatic rings. The quantitative estimate of drug-likeness (QED) is 0.609. The first-order valence-electron chi connectivity index (χ1n) is 4.32. The summed E-state index contributed by atoms with van der Waals surface area (Å²) >= 11 is -0.203. The predicted molar refractivity (Wildman–Crippen MR) is 54.1 cm³/mol. The van der Waals surface area contributed by atoms with Gasteiger partial charge in [-0.15, -0.1) is 0 Å². The Kier molecular flexibility index (Phi) is 4.23. The number of hydrogen-bond donors (Lipinski definition) is 0. The molecule has 0 amide bonds. The molecule has 0 fully saturated rings. The lowest BCUT2D eigenvalue weighted by molar-refractivity contribution is -0.139. The molecule has 0 atom stereocenters. The minimum atomic E-state index is -4.32. The molecular formula is C10H9F3O2S. The summed E-state index contributed by atoms with van der Waals surface area (Å²) in [6.07, 6.45) is -0.0250. The van der Waals surface area contributed by atoms with Gasteiger partial charge in [0, 0.05) is 4.90 Å². The summed E-state index contributed by atoms with van der Waals surface area (Å²) < 4.78 is 40.6. The first kappa shape index (κ1) is 12.9. The van der Waals surface area contributed by atoms with E-state index in [0.717, 1.165) is 0 Å². The minimum Gasteiger partial charge on any atom is -0.469 e. The van der Waals surface area contributed by atoms with Crippen molar-refractivity contribution in [3.8, 4) is 0 Å². The largest absolute Gasteiger partial charge is 0.469 e. The Hall–Kier alpha value is -1.17. The summed E-state index contributed by atoms with van der Waals surface area (Å²) in [5.74, 6) is -0.478. The van der Waals surface area contributed by atoms with Crippen molar-refractivity contribution in [3.05, 3.63) is 29.8 Å². The average molecular weight is 250 g/mol. The monoisotopic (exact) mass is 250 g/mol. The third-order valence-corrected chi connectivity index (χ3v) is 2.43. The molecule has 2 nitrogen and oxygen atoms in total. The highest BCUT2D eigenvalue weighted by atomic mass is 32.2. The molecule has 0 saturated carbocycles. The molecule has 1 aromatic carbocycles. The van der Waals surface area contributed by atoms with Crippen LogP contribution < -0.4 is 0 Å². The van der Waals surface area contributed by atoms with Crippen molar-refractivity contribution in [3.63, 3.8) is 0 Å². The maximum absolute atomic E-state index is 12.1. The van der Waals surface area contributed by atoms with Crippen LogP contribution in [0, 0.1) is 0 Å². The first-order valence-corrected chi connectivity index (χ1v) is 5.14. The number of esters is 1. The van der Waals surface area contributed by atoms with E-state index in [1.807, 2.05) is 0 Å². The van der Waals surface area contributed by atoms with Crippen LogP contribution in [0.25, 0.3) is 0 Å². The number of alkyl halides is 3. The van der Waals surface area contributed by atoms with Gasteiger partial charge in [0.2, 0.25) is 0 Å². The van der Waals surface area contributed by atoms with E-state index in [1.54, 1.807) is 6.07 Å². The van der Waals surface area contributed by atoms with Crippen molar-refractivity contribution in [2.45, 2.75) is 16.8 Å². The van der Waals surface area contributed by atoms with E-state index < -0.39 is 11.5 Å². The molecule has 1 aromatic rings. The van der Waals surface area contributed by atoms with Gasteiger partial charge in [-0.05, 0) is 29.5 Å². The number of carbonyl (C=O) groups excluding carboxylic acids is 1. The molecule has 0 spiro atoms. The van der Waals surface area contributed by atoms with Gasteiger partial charge in [-0.25, -0.2) is 0 Å². The lowest BCUT2D eigenvalue weighted by Gasteiger charge is -2.06. The summed E-state index contributed by atoms with van der Waals surface area (Å²) in [7, 11) is 1.23. The Morgan fingerprint density at radius 1 is 1.44 bits per heavy atom. The van der Waals surface area contributed by atoms with Gasteiger partial charge in [0.15, 0.2) is 0 Å². The minimum absolute atomic E-state index is 0.0250. The molecule has 0 bridgehead atoms. The zero-order valence-corrected chi connectivity index (χ0v) is 9.19. The molecule has 0 N–H and O–H groups in total. The number of halogens is 3. The van der Waals surface area contributed by atoms with Crippen molar-refractivity contribution < 1.29 is 22.7 Å². The van der Waals surface area contributed by atoms with Gasteiger partial charge >= 0.3 is 11.5 Å². The third kappa shape index (κ3) is 4.57. The number of carbonyl (C=O) groups is 1. The molecule has 0 radical (unpaired) electrons. The summed E-state index contributed by atoms with van der Waals surface area (Å²) in [5.41, 5.74) is -3.81. The lowest BCUT2D eigenvalue weighted by Crippen LogP contribution is -2.04. The van der Waals surface area contributed by atoms with Gasteiger partial charge in [-0.3, -0.25) is 4.79 Å². The molecule has 0 unspecified atom stereocenters. The van der Waals surface area contributed by atoms with Crippen LogP contribution in [-0.2, 0) is 16.0 Å². The molecule has 0 aliphatic carbocycles. The lowest BCUT2D eigenvalue weighted by atomic mass is 10.1. The molecule has 0 saturated heterocycles. The van der Waals surface area contributed by atoms with Gasteiger partial charge in [0.25, 0.3) is 0 Å². The van der Waals surface area contributed by atoms with Crippen LogP contribution in [0.3, 0.4) is 0 Å². The van der Waals surface area contributed by atoms with Crippen LogP contribution in [0.15, 0.2) is 29.2 Å². The van der Waals surface area contributed by atoms with E-state index in [9.17, 15) is 18.0 Å². The van der Waals surface area contributed by atoms with E-state index in [0.29, 0.717) is 5.56 Å². The molecule has 88 valence electrons. The SMILES string of the molecule is COC(=O)Cc1cccc(SC(F)(F)F)c1. The van der Waals surface area contributed by atoms with Gasteiger partial charge in [-0.1, -0.05) is 12.1 Å². The maximum atomic E-state index is 12.1. The van der Waals surface area contributed by atoms with Crippen LogP contribution in [0.4, 0.5) is 13.2 Å². The fourth-order valence-electron chi connectivity index (χ4n) is 1.09. The standard InChI is InChI=1S/C10H9F3O2S/c1-15-9(14)6-7-3-2-4-8(5-7)16-10(11,12)13/h2-5H,6H2,1H3. The highest BCUT2D eigenvalue weighted by Gasteiger charge is 2.29. The summed E-state index contributed by atoms with van der Waals surface area (Å²) in [6, 6.07) is 5.73. The van der Waals surface area contributed by atoms with Crippen molar-refractivity contribution >= 4 is 17.7 Å². The maximum Gasteiger partial charge on any atom is 0.446 e. The Morgan fingerprint density at radius 3 is 2.69 bits per heavy atom. The molecule has 0 aromatic heterocycles. The number of rotatable bonds is 3. The third-order valence-electron chi connectivity index (χ3n) is 1.71. The topological polar surface area (TPSA) is 26.3 Å². The Labute approximate surface area is 94.8 Å². The molecule has 0 heterocycles. The number of benzene rings is 1.